The summed E-state index contributed by atoms with van der Waals surface area (Å²) in [5.41, 5.74) is 4.95. The van der Waals surface area contributed by atoms with Gasteiger partial charge in [0.1, 0.15) is 11.6 Å². The van der Waals surface area contributed by atoms with Crippen molar-refractivity contribution in [2.24, 2.45) is 0 Å². The highest BCUT2D eigenvalue weighted by Gasteiger charge is 2.13. The second-order valence-corrected chi connectivity index (χ2v) is 9.58. The quantitative estimate of drug-likeness (QED) is 0.225. The van der Waals surface area contributed by atoms with E-state index < -0.39 is 0 Å². The maximum atomic E-state index is 12.5. The highest BCUT2D eigenvalue weighted by molar-refractivity contribution is 9.10. The summed E-state index contributed by atoms with van der Waals surface area (Å²) in [6.07, 6.45) is 1.72. The Morgan fingerprint density at radius 3 is 2.51 bits per heavy atom. The summed E-state index contributed by atoms with van der Waals surface area (Å²) >= 11 is 9.97. The predicted molar refractivity (Wildman–Crippen MR) is 149 cm³/mol. The molecule has 7 nitrogen and oxygen atoms in total. The van der Waals surface area contributed by atoms with Crippen molar-refractivity contribution in [3.05, 3.63) is 111 Å². The molecule has 0 fully saturated rings. The van der Waals surface area contributed by atoms with Crippen LogP contribution in [0.15, 0.2) is 89.5 Å². The molecule has 0 saturated heterocycles. The largest absolute Gasteiger partial charge is 0.497 e. The van der Waals surface area contributed by atoms with Crippen LogP contribution in [0.3, 0.4) is 0 Å². The number of hydrogen-bond donors (Lipinski definition) is 2. The van der Waals surface area contributed by atoms with Gasteiger partial charge in [-0.2, -0.15) is 9.61 Å². The first-order valence-corrected chi connectivity index (χ1v) is 12.7. The minimum absolute atomic E-state index is 0.147. The van der Waals surface area contributed by atoms with Crippen molar-refractivity contribution >= 4 is 44.9 Å². The molecule has 5 rings (SSSR count). The van der Waals surface area contributed by atoms with Crippen molar-refractivity contribution in [1.29, 1.82) is 0 Å². The third-order valence-electron chi connectivity index (χ3n) is 5.86. The molecule has 0 radical (unpaired) electrons. The molecule has 0 aliphatic carbocycles. The van der Waals surface area contributed by atoms with E-state index in [9.17, 15) is 4.79 Å². The third-order valence-corrected chi connectivity index (χ3v) is 6.75. The maximum Gasteiger partial charge on any atom is 0.251 e. The number of hydrogen-bond acceptors (Lipinski definition) is 5. The Bertz CT molecular complexity index is 1570. The fourth-order valence-electron chi connectivity index (χ4n) is 3.89. The summed E-state index contributed by atoms with van der Waals surface area (Å²) in [7, 11) is 1.58. The first kappa shape index (κ1) is 24.8. The van der Waals surface area contributed by atoms with Gasteiger partial charge in [0.25, 0.3) is 5.91 Å². The number of carbonyl (C=O) groups excluding carboxylic acids is 1. The molecule has 0 spiro atoms. The molecule has 0 atom stereocenters. The molecule has 9 heteroatoms. The number of anilines is 1. The molecule has 0 bridgehead atoms. The Morgan fingerprint density at radius 2 is 1.76 bits per heavy atom. The van der Waals surface area contributed by atoms with Crippen LogP contribution in [0.25, 0.3) is 16.9 Å². The first-order valence-electron chi connectivity index (χ1n) is 11.5. The molecule has 5 aromatic rings. The summed E-state index contributed by atoms with van der Waals surface area (Å²) in [5, 5.41) is 11.5. The summed E-state index contributed by atoms with van der Waals surface area (Å²) in [4.78, 5) is 17.2. The Kier molecular flexibility index (Phi) is 7.39. The van der Waals surface area contributed by atoms with Crippen molar-refractivity contribution < 1.29 is 9.53 Å². The average molecular weight is 577 g/mol. The summed E-state index contributed by atoms with van der Waals surface area (Å²) in [5.74, 6) is 1.30. The molecule has 0 saturated carbocycles. The number of carbonyl (C=O) groups is 1. The molecule has 2 heterocycles. The maximum absolute atomic E-state index is 12.5. The second-order valence-electron chi connectivity index (χ2n) is 8.32. The minimum Gasteiger partial charge on any atom is -0.497 e. The van der Waals surface area contributed by atoms with Crippen molar-refractivity contribution in [3.8, 4) is 17.0 Å². The van der Waals surface area contributed by atoms with Gasteiger partial charge in [-0.15, -0.1) is 0 Å². The Morgan fingerprint density at radius 1 is 1.00 bits per heavy atom. The summed E-state index contributed by atoms with van der Waals surface area (Å²) in [6.45, 7) is 1.01. The zero-order valence-corrected chi connectivity index (χ0v) is 22.3. The van der Waals surface area contributed by atoms with E-state index >= 15 is 0 Å². The molecular weight excluding hydrogens is 554 g/mol. The van der Waals surface area contributed by atoms with Gasteiger partial charge in [-0.1, -0.05) is 60.1 Å². The second kappa shape index (κ2) is 11.0. The van der Waals surface area contributed by atoms with Crippen LogP contribution in [-0.2, 0) is 13.1 Å². The minimum atomic E-state index is -0.147. The van der Waals surface area contributed by atoms with E-state index in [-0.39, 0.29) is 5.91 Å². The van der Waals surface area contributed by atoms with Gasteiger partial charge in [-0.3, -0.25) is 4.79 Å². The molecular formula is C28H23BrClN5O2. The Labute approximate surface area is 227 Å². The van der Waals surface area contributed by atoms with Crippen LogP contribution in [0, 0.1) is 0 Å². The fourth-order valence-corrected chi connectivity index (χ4v) is 4.47. The lowest BCUT2D eigenvalue weighted by molar-refractivity contribution is 0.0950. The average Bonchev–Trinajstić information content (AvgIpc) is 3.31. The molecule has 0 aliphatic heterocycles. The lowest BCUT2D eigenvalue weighted by Crippen LogP contribution is -2.22. The van der Waals surface area contributed by atoms with E-state index in [1.54, 1.807) is 36.0 Å². The number of rotatable bonds is 8. The van der Waals surface area contributed by atoms with Gasteiger partial charge in [0.05, 0.1) is 23.5 Å². The molecule has 0 unspecified atom stereocenters. The van der Waals surface area contributed by atoms with E-state index in [0.29, 0.717) is 35.1 Å². The van der Waals surface area contributed by atoms with E-state index in [1.807, 2.05) is 60.7 Å². The van der Waals surface area contributed by atoms with E-state index in [1.165, 1.54) is 0 Å². The van der Waals surface area contributed by atoms with Crippen LogP contribution < -0.4 is 15.4 Å². The lowest BCUT2D eigenvalue weighted by atomic mass is 10.1. The normalized spacial score (nSPS) is 10.9. The van der Waals surface area contributed by atoms with Crippen LogP contribution in [0.4, 0.5) is 5.82 Å². The predicted octanol–water partition coefficient (Wildman–Crippen LogP) is 6.36. The number of ether oxygens (including phenoxy) is 1. The molecule has 186 valence electrons. The Balaban J connectivity index is 1.27. The van der Waals surface area contributed by atoms with Crippen molar-refractivity contribution in [1.82, 2.24) is 19.9 Å². The summed E-state index contributed by atoms with van der Waals surface area (Å²) in [6, 6.07) is 24.7. The number of fused-ring (bicyclic) bond motifs is 1. The molecule has 3 aromatic carbocycles. The first-order chi connectivity index (χ1) is 18.0. The zero-order chi connectivity index (χ0) is 25.8. The van der Waals surface area contributed by atoms with Crippen LogP contribution in [-0.4, -0.2) is 27.6 Å². The third kappa shape index (κ3) is 5.60. The molecule has 2 aromatic heterocycles. The molecule has 37 heavy (non-hydrogen) atoms. The van der Waals surface area contributed by atoms with Crippen molar-refractivity contribution in [3.63, 3.8) is 0 Å². The molecule has 0 aliphatic rings. The van der Waals surface area contributed by atoms with Gasteiger partial charge in [0, 0.05) is 35.3 Å². The number of nitrogens with one attached hydrogen (secondary N) is 2. The van der Waals surface area contributed by atoms with Gasteiger partial charge >= 0.3 is 0 Å². The van der Waals surface area contributed by atoms with E-state index in [4.69, 9.17) is 21.3 Å². The van der Waals surface area contributed by atoms with Gasteiger partial charge in [0.15, 0.2) is 5.65 Å². The van der Waals surface area contributed by atoms with Crippen molar-refractivity contribution in [2.45, 2.75) is 13.1 Å². The van der Waals surface area contributed by atoms with Crippen LogP contribution in [0.5, 0.6) is 5.75 Å². The highest BCUT2D eigenvalue weighted by Crippen LogP contribution is 2.30. The SMILES string of the molecule is COc1cccc(C(=O)NCc2ccc(CNc3cc(-c4ccccc4Cl)nc4c(Br)cnn34)cc2)c1. The van der Waals surface area contributed by atoms with Gasteiger partial charge in [-0.05, 0) is 51.3 Å². The van der Waals surface area contributed by atoms with Gasteiger partial charge in [0.2, 0.25) is 0 Å². The van der Waals surface area contributed by atoms with Gasteiger partial charge < -0.3 is 15.4 Å². The monoisotopic (exact) mass is 575 g/mol. The topological polar surface area (TPSA) is 80.5 Å². The Hall–Kier alpha value is -3.88. The zero-order valence-electron chi connectivity index (χ0n) is 19.9. The van der Waals surface area contributed by atoms with Crippen LogP contribution in [0.2, 0.25) is 5.02 Å². The summed E-state index contributed by atoms with van der Waals surface area (Å²) < 4.78 is 7.74. The fraction of sp³-hybridized carbons (Fsp3) is 0.107. The number of aromatic nitrogens is 3. The van der Waals surface area contributed by atoms with Crippen LogP contribution in [0.1, 0.15) is 21.5 Å². The molecule has 1 amide bonds. The number of nitrogens with zero attached hydrogens (tertiary/aromatic N) is 3. The lowest BCUT2D eigenvalue weighted by Gasteiger charge is -2.12. The number of benzene rings is 3. The smallest absolute Gasteiger partial charge is 0.251 e. The van der Waals surface area contributed by atoms with Crippen molar-refractivity contribution in [2.75, 3.05) is 12.4 Å². The van der Waals surface area contributed by atoms with E-state index in [2.05, 4.69) is 31.7 Å². The number of halogens is 2. The van der Waals surface area contributed by atoms with E-state index in [0.717, 1.165) is 32.7 Å². The van der Waals surface area contributed by atoms with Gasteiger partial charge in [-0.25, -0.2) is 4.98 Å². The number of methoxy groups -OCH3 is 1. The highest BCUT2D eigenvalue weighted by atomic mass is 79.9. The number of amides is 1. The molecule has 2 N–H and O–H groups in total. The van der Waals surface area contributed by atoms with Crippen LogP contribution >= 0.6 is 27.5 Å². The standard InChI is InChI=1S/C28H23BrClN5O2/c1-37-21-6-4-5-20(13-21)28(36)32-16-19-11-9-18(10-12-19)15-31-26-14-25(22-7-2-3-8-24(22)30)34-27-23(29)17-33-35(26)27/h2-14,17,31H,15-16H2,1H3,(H,32,36).